The summed E-state index contributed by atoms with van der Waals surface area (Å²) in [4.78, 5) is 8.83. The van der Waals surface area contributed by atoms with Crippen molar-refractivity contribution < 1.29 is 4.74 Å². The summed E-state index contributed by atoms with van der Waals surface area (Å²) in [5.41, 5.74) is 3.29. The second-order valence-corrected chi connectivity index (χ2v) is 6.00. The number of rotatable bonds is 3. The molecule has 0 bridgehead atoms. The molecule has 0 amide bonds. The van der Waals surface area contributed by atoms with Gasteiger partial charge in [0.05, 0.1) is 11.1 Å². The molecular weight excluding hydrogens is 266 g/mol. The molecule has 3 rings (SSSR count). The zero-order chi connectivity index (χ0) is 14.9. The lowest BCUT2D eigenvalue weighted by Gasteiger charge is -2.36. The maximum Gasteiger partial charge on any atom is 0.239 e. The number of nitrogens with zero attached hydrogens (tertiary/aromatic N) is 2. The molecule has 1 atom stereocenters. The molecule has 21 heavy (non-hydrogen) atoms. The average Bonchev–Trinajstić information content (AvgIpc) is 2.46. The van der Waals surface area contributed by atoms with E-state index in [0.717, 1.165) is 36.2 Å². The van der Waals surface area contributed by atoms with Crippen LogP contribution in [0.5, 0.6) is 0 Å². The van der Waals surface area contributed by atoms with E-state index in [9.17, 15) is 0 Å². The summed E-state index contributed by atoms with van der Waals surface area (Å²) in [7, 11) is 0. The van der Waals surface area contributed by atoms with Crippen molar-refractivity contribution in [3.05, 3.63) is 24.3 Å². The number of nitrogen functional groups attached to an aromatic ring is 1. The largest absolute Gasteiger partial charge is 0.375 e. The van der Waals surface area contributed by atoms with Gasteiger partial charge in [-0.15, -0.1) is 0 Å². The van der Waals surface area contributed by atoms with Crippen molar-refractivity contribution in [2.24, 2.45) is 5.84 Å². The molecule has 1 unspecified atom stereocenters. The van der Waals surface area contributed by atoms with Crippen LogP contribution in [0.15, 0.2) is 24.3 Å². The molecule has 4 N–H and O–H groups in total. The molecule has 1 aliphatic heterocycles. The molecule has 6 nitrogen and oxygen atoms in total. The normalized spacial score (nSPS) is 21.2. The van der Waals surface area contributed by atoms with Gasteiger partial charge in [0.2, 0.25) is 5.95 Å². The quantitative estimate of drug-likeness (QED) is 0.593. The number of ether oxygens (including phenoxy) is 1. The van der Waals surface area contributed by atoms with Crippen molar-refractivity contribution in [1.29, 1.82) is 0 Å². The van der Waals surface area contributed by atoms with E-state index in [1.807, 2.05) is 24.3 Å². The van der Waals surface area contributed by atoms with Crippen molar-refractivity contribution in [2.45, 2.75) is 38.3 Å². The molecule has 2 aromatic rings. The van der Waals surface area contributed by atoms with Crippen LogP contribution in [-0.2, 0) is 4.74 Å². The van der Waals surface area contributed by atoms with Gasteiger partial charge in [0.1, 0.15) is 5.82 Å². The first-order valence-corrected chi connectivity index (χ1v) is 7.21. The van der Waals surface area contributed by atoms with E-state index in [1.54, 1.807) is 0 Å². The Balaban J connectivity index is 1.92. The Kier molecular flexibility index (Phi) is 3.65. The number of anilines is 2. The fourth-order valence-corrected chi connectivity index (χ4v) is 2.80. The van der Waals surface area contributed by atoms with E-state index in [2.05, 4.69) is 34.6 Å². The van der Waals surface area contributed by atoms with Crippen molar-refractivity contribution in [2.75, 3.05) is 17.3 Å². The molecule has 0 aliphatic carbocycles. The van der Waals surface area contributed by atoms with Crippen molar-refractivity contribution in [3.63, 3.8) is 0 Å². The molecule has 0 radical (unpaired) electrons. The van der Waals surface area contributed by atoms with Crippen molar-refractivity contribution in [3.8, 4) is 0 Å². The molecule has 0 saturated carbocycles. The van der Waals surface area contributed by atoms with Gasteiger partial charge in [0, 0.05) is 18.0 Å². The third kappa shape index (κ3) is 3.06. The molecule has 1 fully saturated rings. The summed E-state index contributed by atoms with van der Waals surface area (Å²) >= 11 is 0. The van der Waals surface area contributed by atoms with Crippen LogP contribution in [-0.4, -0.2) is 28.2 Å². The van der Waals surface area contributed by atoms with E-state index in [4.69, 9.17) is 10.6 Å². The summed E-state index contributed by atoms with van der Waals surface area (Å²) in [6, 6.07) is 8.24. The number of benzene rings is 1. The zero-order valence-corrected chi connectivity index (χ0v) is 12.4. The summed E-state index contributed by atoms with van der Waals surface area (Å²) in [6.07, 6.45) is 1.91. The standard InChI is InChI=1S/C15H21N5O/c1-15(2)9-10(7-8-21-15)17-13-11-5-3-4-6-12(11)18-14(19-13)20-16/h3-6,10H,7-9,16H2,1-2H3,(H2,17,18,19,20). The summed E-state index contributed by atoms with van der Waals surface area (Å²) in [5.74, 6) is 6.70. The Morgan fingerprint density at radius 3 is 2.86 bits per heavy atom. The number of hydrogen-bond acceptors (Lipinski definition) is 6. The molecule has 1 aromatic carbocycles. The van der Waals surface area contributed by atoms with E-state index in [0.29, 0.717) is 12.0 Å². The number of hydrazine groups is 1. The number of hydrogen-bond donors (Lipinski definition) is 3. The minimum absolute atomic E-state index is 0.103. The zero-order valence-electron chi connectivity index (χ0n) is 12.4. The van der Waals surface area contributed by atoms with Gasteiger partial charge >= 0.3 is 0 Å². The SMILES string of the molecule is CC1(C)CC(Nc2nc(NN)nc3ccccc23)CCO1. The molecule has 6 heteroatoms. The maximum absolute atomic E-state index is 5.76. The first kappa shape index (κ1) is 14.0. The van der Waals surface area contributed by atoms with Gasteiger partial charge in [-0.05, 0) is 38.8 Å². The maximum atomic E-state index is 5.76. The van der Waals surface area contributed by atoms with Gasteiger partial charge in [0.25, 0.3) is 0 Å². The van der Waals surface area contributed by atoms with Crippen molar-refractivity contribution in [1.82, 2.24) is 9.97 Å². The number of para-hydroxylation sites is 1. The third-order valence-corrected chi connectivity index (χ3v) is 3.77. The van der Waals surface area contributed by atoms with E-state index in [-0.39, 0.29) is 5.60 Å². The van der Waals surface area contributed by atoms with Crippen molar-refractivity contribution >= 4 is 22.7 Å². The highest BCUT2D eigenvalue weighted by molar-refractivity contribution is 5.90. The highest BCUT2D eigenvalue weighted by Gasteiger charge is 2.29. The second-order valence-electron chi connectivity index (χ2n) is 6.00. The third-order valence-electron chi connectivity index (χ3n) is 3.77. The predicted octanol–water partition coefficient (Wildman–Crippen LogP) is 2.28. The average molecular weight is 287 g/mol. The Bertz CT molecular complexity index is 643. The summed E-state index contributed by atoms with van der Waals surface area (Å²) in [6.45, 7) is 4.99. The smallest absolute Gasteiger partial charge is 0.239 e. The molecule has 1 aliphatic rings. The van der Waals surface area contributed by atoms with Crippen LogP contribution in [0.2, 0.25) is 0 Å². The fourth-order valence-electron chi connectivity index (χ4n) is 2.80. The van der Waals surface area contributed by atoms with Crippen LogP contribution in [0.3, 0.4) is 0 Å². The summed E-state index contributed by atoms with van der Waals surface area (Å²) < 4.78 is 5.76. The number of nitrogens with one attached hydrogen (secondary N) is 2. The molecule has 0 spiro atoms. The van der Waals surface area contributed by atoms with Crippen LogP contribution >= 0.6 is 0 Å². The predicted molar refractivity (Wildman–Crippen MR) is 84.0 cm³/mol. The molecular formula is C15H21N5O. The first-order valence-electron chi connectivity index (χ1n) is 7.21. The fraction of sp³-hybridized carbons (Fsp3) is 0.467. The van der Waals surface area contributed by atoms with E-state index < -0.39 is 0 Å². The van der Waals surface area contributed by atoms with Crippen LogP contribution in [0, 0.1) is 0 Å². The van der Waals surface area contributed by atoms with E-state index >= 15 is 0 Å². The summed E-state index contributed by atoms with van der Waals surface area (Å²) in [5, 5.41) is 4.53. The van der Waals surface area contributed by atoms with Crippen LogP contribution in [0.25, 0.3) is 10.9 Å². The van der Waals surface area contributed by atoms with Gasteiger partial charge in [0.15, 0.2) is 0 Å². The topological polar surface area (TPSA) is 85.1 Å². The van der Waals surface area contributed by atoms with Crippen LogP contribution < -0.4 is 16.6 Å². The number of aromatic nitrogens is 2. The van der Waals surface area contributed by atoms with Gasteiger partial charge in [-0.3, -0.25) is 5.43 Å². The number of fused-ring (bicyclic) bond motifs is 1. The van der Waals surface area contributed by atoms with Gasteiger partial charge in [-0.1, -0.05) is 12.1 Å². The van der Waals surface area contributed by atoms with Crippen LogP contribution in [0.4, 0.5) is 11.8 Å². The lowest BCUT2D eigenvalue weighted by Crippen LogP contribution is -2.40. The highest BCUT2D eigenvalue weighted by Crippen LogP contribution is 2.28. The minimum atomic E-state index is -0.103. The highest BCUT2D eigenvalue weighted by atomic mass is 16.5. The second kappa shape index (κ2) is 5.46. The van der Waals surface area contributed by atoms with Gasteiger partial charge in [-0.2, -0.15) is 4.98 Å². The monoisotopic (exact) mass is 287 g/mol. The van der Waals surface area contributed by atoms with Crippen LogP contribution in [0.1, 0.15) is 26.7 Å². The van der Waals surface area contributed by atoms with Gasteiger partial charge < -0.3 is 10.1 Å². The van der Waals surface area contributed by atoms with Gasteiger partial charge in [-0.25, -0.2) is 10.8 Å². The molecule has 112 valence electrons. The van der Waals surface area contributed by atoms with E-state index in [1.165, 1.54) is 0 Å². The molecule has 1 saturated heterocycles. The minimum Gasteiger partial charge on any atom is -0.375 e. The Hall–Kier alpha value is -1.92. The Morgan fingerprint density at radius 1 is 1.29 bits per heavy atom. The molecule has 1 aromatic heterocycles. The lowest BCUT2D eigenvalue weighted by atomic mass is 9.94. The molecule has 2 heterocycles. The Morgan fingerprint density at radius 2 is 2.10 bits per heavy atom. The number of nitrogens with two attached hydrogens (primary N) is 1. The first-order chi connectivity index (χ1) is 10.1. The lowest BCUT2D eigenvalue weighted by molar-refractivity contribution is -0.0553. The Labute approximate surface area is 124 Å².